The quantitative estimate of drug-likeness (QED) is 0.939. The molecule has 0 spiro atoms. The fourth-order valence-corrected chi connectivity index (χ4v) is 2.95. The number of hydrogen-bond donors (Lipinski definition) is 1. The molecule has 1 N–H and O–H groups in total. The zero-order valence-electron chi connectivity index (χ0n) is 12.7. The first-order chi connectivity index (χ1) is 10.7. The second-order valence-electron chi connectivity index (χ2n) is 5.52. The molecule has 3 rings (SSSR count). The van der Waals surface area contributed by atoms with Crippen LogP contribution in [0.3, 0.4) is 0 Å². The Labute approximate surface area is 129 Å². The molecule has 0 amide bonds. The summed E-state index contributed by atoms with van der Waals surface area (Å²) in [6.45, 7) is 4.11. The van der Waals surface area contributed by atoms with E-state index in [1.807, 2.05) is 19.1 Å². The van der Waals surface area contributed by atoms with Crippen molar-refractivity contribution >= 4 is 11.7 Å². The lowest BCUT2D eigenvalue weighted by Crippen LogP contribution is -2.29. The summed E-state index contributed by atoms with van der Waals surface area (Å²) < 4.78 is 1.61. The third kappa shape index (κ3) is 2.68. The molecule has 22 heavy (non-hydrogen) atoms. The Balaban J connectivity index is 1.88. The number of aromatic carboxylic acids is 1. The topological polar surface area (TPSA) is 71.2 Å². The van der Waals surface area contributed by atoms with Crippen molar-refractivity contribution in [2.45, 2.75) is 32.6 Å². The van der Waals surface area contributed by atoms with E-state index in [0.29, 0.717) is 12.1 Å². The Kier molecular flexibility index (Phi) is 4.09. The first kappa shape index (κ1) is 14.6. The highest BCUT2D eigenvalue weighted by atomic mass is 16.4. The van der Waals surface area contributed by atoms with Crippen LogP contribution < -0.4 is 4.90 Å². The van der Waals surface area contributed by atoms with Crippen LogP contribution in [0.25, 0.3) is 5.69 Å². The lowest BCUT2D eigenvalue weighted by Gasteiger charge is -2.28. The molecule has 1 aromatic heterocycles. The molecule has 0 saturated carbocycles. The van der Waals surface area contributed by atoms with Crippen molar-refractivity contribution in [3.05, 3.63) is 35.7 Å². The van der Waals surface area contributed by atoms with Crippen LogP contribution in [0, 0.1) is 0 Å². The van der Waals surface area contributed by atoms with E-state index >= 15 is 0 Å². The van der Waals surface area contributed by atoms with Gasteiger partial charge < -0.3 is 10.0 Å². The number of aromatic nitrogens is 3. The van der Waals surface area contributed by atoms with E-state index in [-0.39, 0.29) is 5.69 Å². The smallest absolute Gasteiger partial charge is 0.358 e. The first-order valence-electron chi connectivity index (χ1n) is 7.74. The van der Waals surface area contributed by atoms with Crippen LogP contribution in [-0.4, -0.2) is 39.2 Å². The Bertz CT molecular complexity index is 657. The molecule has 0 bridgehead atoms. The van der Waals surface area contributed by atoms with E-state index < -0.39 is 5.97 Å². The molecule has 1 fully saturated rings. The second-order valence-corrected chi connectivity index (χ2v) is 5.52. The number of carboxylic acid groups (broad SMARTS) is 1. The number of piperidine rings is 1. The molecule has 116 valence electrons. The lowest BCUT2D eigenvalue weighted by molar-refractivity contribution is 0.0689. The summed E-state index contributed by atoms with van der Waals surface area (Å²) in [4.78, 5) is 13.6. The van der Waals surface area contributed by atoms with Gasteiger partial charge in [0, 0.05) is 18.8 Å². The SMILES string of the molecule is CCc1c(C(=O)O)nnn1-c1ccc(N2CCCCC2)cc1. The molecule has 2 aromatic rings. The lowest BCUT2D eigenvalue weighted by atomic mass is 10.1. The number of rotatable bonds is 4. The molecule has 6 heteroatoms. The summed E-state index contributed by atoms with van der Waals surface area (Å²) in [5.74, 6) is -1.03. The summed E-state index contributed by atoms with van der Waals surface area (Å²) in [6, 6.07) is 8.09. The van der Waals surface area contributed by atoms with E-state index in [4.69, 9.17) is 5.11 Å². The van der Waals surface area contributed by atoms with Crippen molar-refractivity contribution in [3.63, 3.8) is 0 Å². The van der Waals surface area contributed by atoms with E-state index in [1.165, 1.54) is 24.9 Å². The summed E-state index contributed by atoms with van der Waals surface area (Å²) in [7, 11) is 0. The standard InChI is InChI=1S/C16H20N4O2/c1-2-14-15(16(21)22)17-18-20(14)13-8-6-12(7-9-13)19-10-4-3-5-11-19/h6-9H,2-5,10-11H2,1H3,(H,21,22). The van der Waals surface area contributed by atoms with Crippen LogP contribution in [0.5, 0.6) is 0 Å². The van der Waals surface area contributed by atoms with Crippen LogP contribution in [0.1, 0.15) is 42.4 Å². The maximum Gasteiger partial charge on any atom is 0.358 e. The number of carboxylic acids is 1. The van der Waals surface area contributed by atoms with Crippen molar-refractivity contribution in [1.82, 2.24) is 15.0 Å². The third-order valence-corrected chi connectivity index (χ3v) is 4.12. The fraction of sp³-hybridized carbons (Fsp3) is 0.438. The van der Waals surface area contributed by atoms with Crippen LogP contribution in [0.15, 0.2) is 24.3 Å². The number of hydrogen-bond acceptors (Lipinski definition) is 4. The zero-order chi connectivity index (χ0) is 15.5. The van der Waals surface area contributed by atoms with Gasteiger partial charge in [0.25, 0.3) is 0 Å². The summed E-state index contributed by atoms with van der Waals surface area (Å²) in [5, 5.41) is 16.9. The predicted octanol–water partition coefficient (Wildman–Crippen LogP) is 2.52. The van der Waals surface area contributed by atoms with Crippen molar-refractivity contribution in [3.8, 4) is 5.69 Å². The second kappa shape index (κ2) is 6.17. The Morgan fingerprint density at radius 1 is 1.14 bits per heavy atom. The molecule has 0 unspecified atom stereocenters. The van der Waals surface area contributed by atoms with Gasteiger partial charge in [0.15, 0.2) is 5.69 Å². The first-order valence-corrected chi connectivity index (χ1v) is 7.74. The number of carbonyl (C=O) groups is 1. The van der Waals surface area contributed by atoms with Crippen LogP contribution in [0.4, 0.5) is 5.69 Å². The third-order valence-electron chi connectivity index (χ3n) is 4.12. The highest BCUT2D eigenvalue weighted by Gasteiger charge is 2.18. The molecule has 0 radical (unpaired) electrons. The van der Waals surface area contributed by atoms with Crippen molar-refractivity contribution < 1.29 is 9.90 Å². The van der Waals surface area contributed by atoms with Gasteiger partial charge in [0.2, 0.25) is 0 Å². The Morgan fingerprint density at radius 3 is 2.36 bits per heavy atom. The average molecular weight is 300 g/mol. The van der Waals surface area contributed by atoms with Gasteiger partial charge in [-0.3, -0.25) is 0 Å². The van der Waals surface area contributed by atoms with Gasteiger partial charge in [-0.25, -0.2) is 9.48 Å². The highest BCUT2D eigenvalue weighted by Crippen LogP contribution is 2.22. The van der Waals surface area contributed by atoms with Crippen LogP contribution in [0.2, 0.25) is 0 Å². The summed E-state index contributed by atoms with van der Waals surface area (Å²) in [6.07, 6.45) is 4.37. The largest absolute Gasteiger partial charge is 0.476 e. The van der Waals surface area contributed by atoms with Gasteiger partial charge >= 0.3 is 5.97 Å². The molecule has 0 aliphatic carbocycles. The minimum atomic E-state index is -1.03. The van der Waals surface area contributed by atoms with E-state index in [9.17, 15) is 4.79 Å². The molecule has 1 saturated heterocycles. The Morgan fingerprint density at radius 2 is 1.77 bits per heavy atom. The van der Waals surface area contributed by atoms with Gasteiger partial charge in [-0.15, -0.1) is 5.10 Å². The van der Waals surface area contributed by atoms with Crippen molar-refractivity contribution in [1.29, 1.82) is 0 Å². The van der Waals surface area contributed by atoms with E-state index in [1.54, 1.807) is 4.68 Å². The van der Waals surface area contributed by atoms with Gasteiger partial charge in [-0.05, 0) is 49.9 Å². The Hall–Kier alpha value is -2.37. The summed E-state index contributed by atoms with van der Waals surface area (Å²) >= 11 is 0. The minimum absolute atomic E-state index is 0.0302. The summed E-state index contributed by atoms with van der Waals surface area (Å²) in [5.41, 5.74) is 2.71. The monoisotopic (exact) mass is 300 g/mol. The zero-order valence-corrected chi connectivity index (χ0v) is 12.7. The molecule has 1 aliphatic heterocycles. The maximum absolute atomic E-state index is 11.2. The van der Waals surface area contributed by atoms with Crippen molar-refractivity contribution in [2.24, 2.45) is 0 Å². The molecule has 2 heterocycles. The molecule has 0 atom stereocenters. The van der Waals surface area contributed by atoms with E-state index in [0.717, 1.165) is 18.8 Å². The van der Waals surface area contributed by atoms with E-state index in [2.05, 4.69) is 27.3 Å². The highest BCUT2D eigenvalue weighted by molar-refractivity contribution is 5.86. The van der Waals surface area contributed by atoms with Gasteiger partial charge in [-0.1, -0.05) is 12.1 Å². The normalized spacial score (nSPS) is 15.0. The average Bonchev–Trinajstić information content (AvgIpc) is 3.00. The minimum Gasteiger partial charge on any atom is -0.476 e. The van der Waals surface area contributed by atoms with Crippen LogP contribution in [-0.2, 0) is 6.42 Å². The fourth-order valence-electron chi connectivity index (χ4n) is 2.95. The molecular formula is C16H20N4O2. The molecule has 1 aliphatic rings. The van der Waals surface area contributed by atoms with Crippen LogP contribution >= 0.6 is 0 Å². The van der Waals surface area contributed by atoms with Gasteiger partial charge in [-0.2, -0.15) is 0 Å². The maximum atomic E-state index is 11.2. The number of anilines is 1. The number of benzene rings is 1. The van der Waals surface area contributed by atoms with Crippen molar-refractivity contribution in [2.75, 3.05) is 18.0 Å². The molecule has 1 aromatic carbocycles. The molecular weight excluding hydrogens is 280 g/mol. The van der Waals surface area contributed by atoms with Gasteiger partial charge in [0.05, 0.1) is 11.4 Å². The predicted molar refractivity (Wildman–Crippen MR) is 83.8 cm³/mol. The number of nitrogens with zero attached hydrogens (tertiary/aromatic N) is 4. The van der Waals surface area contributed by atoms with Gasteiger partial charge in [0.1, 0.15) is 0 Å². The molecule has 6 nitrogen and oxygen atoms in total.